The third-order valence-electron chi connectivity index (χ3n) is 3.36. The number of pyridine rings is 1. The standard InChI is InChI=1S/C17H16N2O/c1-11-6-7-16-14(8-11)15(18)10-17(19-16)12-4-3-5-13(9-12)20-2/h3-10H,1-2H3,(H2,18,19). The lowest BCUT2D eigenvalue weighted by Gasteiger charge is -2.08. The Bertz CT molecular complexity index is 781. The van der Waals surface area contributed by atoms with Crippen LogP contribution in [0, 0.1) is 6.92 Å². The van der Waals surface area contributed by atoms with Crippen molar-refractivity contribution in [2.24, 2.45) is 0 Å². The van der Waals surface area contributed by atoms with Crippen molar-refractivity contribution in [3.63, 3.8) is 0 Å². The van der Waals surface area contributed by atoms with Gasteiger partial charge in [0.15, 0.2) is 0 Å². The van der Waals surface area contributed by atoms with Crippen LogP contribution in [-0.4, -0.2) is 12.1 Å². The summed E-state index contributed by atoms with van der Waals surface area (Å²) in [5.74, 6) is 0.812. The average molecular weight is 264 g/mol. The summed E-state index contributed by atoms with van der Waals surface area (Å²) in [6.45, 7) is 2.05. The number of aryl methyl sites for hydroxylation is 1. The number of nitrogens with zero attached hydrogens (tertiary/aromatic N) is 1. The minimum atomic E-state index is 0.747. The fraction of sp³-hybridized carbons (Fsp3) is 0.118. The molecule has 0 fully saturated rings. The topological polar surface area (TPSA) is 48.1 Å². The molecule has 3 aromatic rings. The Morgan fingerprint density at radius 2 is 1.90 bits per heavy atom. The van der Waals surface area contributed by atoms with Gasteiger partial charge in [-0.25, -0.2) is 4.98 Å². The summed E-state index contributed by atoms with van der Waals surface area (Å²) >= 11 is 0. The molecule has 3 heteroatoms. The third kappa shape index (κ3) is 2.18. The Morgan fingerprint density at radius 1 is 1.05 bits per heavy atom. The predicted molar refractivity (Wildman–Crippen MR) is 82.9 cm³/mol. The van der Waals surface area contributed by atoms with Crippen LogP contribution in [0.4, 0.5) is 5.69 Å². The second-order valence-corrected chi connectivity index (χ2v) is 4.85. The van der Waals surface area contributed by atoms with E-state index in [1.807, 2.05) is 42.5 Å². The van der Waals surface area contributed by atoms with Crippen molar-refractivity contribution in [2.45, 2.75) is 6.92 Å². The number of nitrogens with two attached hydrogens (primary N) is 1. The van der Waals surface area contributed by atoms with Crippen LogP contribution in [0.25, 0.3) is 22.2 Å². The molecule has 1 heterocycles. The molecule has 3 nitrogen and oxygen atoms in total. The zero-order valence-corrected chi connectivity index (χ0v) is 11.6. The van der Waals surface area contributed by atoms with E-state index in [1.54, 1.807) is 7.11 Å². The van der Waals surface area contributed by atoms with Crippen molar-refractivity contribution in [2.75, 3.05) is 12.8 Å². The summed E-state index contributed by atoms with van der Waals surface area (Å²) in [4.78, 5) is 4.69. The van der Waals surface area contributed by atoms with E-state index in [2.05, 4.69) is 18.0 Å². The van der Waals surface area contributed by atoms with Crippen molar-refractivity contribution >= 4 is 16.6 Å². The monoisotopic (exact) mass is 264 g/mol. The molecule has 0 aliphatic rings. The fourth-order valence-electron chi connectivity index (χ4n) is 2.30. The van der Waals surface area contributed by atoms with Crippen LogP contribution >= 0.6 is 0 Å². The van der Waals surface area contributed by atoms with Crippen LogP contribution in [0.2, 0.25) is 0 Å². The number of anilines is 1. The van der Waals surface area contributed by atoms with Crippen molar-refractivity contribution < 1.29 is 4.74 Å². The lowest BCUT2D eigenvalue weighted by atomic mass is 10.1. The van der Waals surface area contributed by atoms with Crippen molar-refractivity contribution in [3.05, 3.63) is 54.1 Å². The first-order valence-corrected chi connectivity index (χ1v) is 6.49. The van der Waals surface area contributed by atoms with E-state index >= 15 is 0 Å². The summed E-state index contributed by atoms with van der Waals surface area (Å²) in [6, 6.07) is 15.9. The summed E-state index contributed by atoms with van der Waals surface area (Å²) in [7, 11) is 1.66. The van der Waals surface area contributed by atoms with E-state index < -0.39 is 0 Å². The Balaban J connectivity index is 2.19. The Hall–Kier alpha value is -2.55. The van der Waals surface area contributed by atoms with E-state index in [0.717, 1.165) is 33.6 Å². The van der Waals surface area contributed by atoms with Gasteiger partial charge in [-0.15, -0.1) is 0 Å². The minimum absolute atomic E-state index is 0.747. The Morgan fingerprint density at radius 3 is 2.70 bits per heavy atom. The Kier molecular flexibility index (Phi) is 3.03. The first-order chi connectivity index (χ1) is 9.67. The van der Waals surface area contributed by atoms with E-state index in [4.69, 9.17) is 10.5 Å². The smallest absolute Gasteiger partial charge is 0.119 e. The number of benzene rings is 2. The van der Waals surface area contributed by atoms with Crippen molar-refractivity contribution in [1.29, 1.82) is 0 Å². The van der Waals surface area contributed by atoms with Gasteiger partial charge in [0.2, 0.25) is 0 Å². The lowest BCUT2D eigenvalue weighted by molar-refractivity contribution is 0.415. The van der Waals surface area contributed by atoms with Gasteiger partial charge < -0.3 is 10.5 Å². The van der Waals surface area contributed by atoms with Crippen molar-refractivity contribution in [1.82, 2.24) is 4.98 Å². The maximum absolute atomic E-state index is 6.16. The number of nitrogen functional groups attached to an aromatic ring is 1. The summed E-state index contributed by atoms with van der Waals surface area (Å²) in [6.07, 6.45) is 0. The third-order valence-corrected chi connectivity index (χ3v) is 3.36. The molecule has 0 unspecified atom stereocenters. The van der Waals surface area contributed by atoms with Gasteiger partial charge in [0.1, 0.15) is 5.75 Å². The maximum atomic E-state index is 6.16. The van der Waals surface area contributed by atoms with Gasteiger partial charge in [-0.05, 0) is 37.3 Å². The second kappa shape index (κ2) is 4.85. The highest BCUT2D eigenvalue weighted by Gasteiger charge is 2.06. The first-order valence-electron chi connectivity index (χ1n) is 6.49. The van der Waals surface area contributed by atoms with Gasteiger partial charge in [-0.1, -0.05) is 23.8 Å². The van der Waals surface area contributed by atoms with Gasteiger partial charge >= 0.3 is 0 Å². The molecule has 0 radical (unpaired) electrons. The number of ether oxygens (including phenoxy) is 1. The van der Waals surface area contributed by atoms with E-state index in [0.29, 0.717) is 0 Å². The molecular weight excluding hydrogens is 248 g/mol. The molecule has 0 aliphatic heterocycles. The van der Waals surface area contributed by atoms with Crippen molar-refractivity contribution in [3.8, 4) is 17.0 Å². The number of rotatable bonds is 2. The molecule has 0 saturated heterocycles. The lowest BCUT2D eigenvalue weighted by Crippen LogP contribution is -1.93. The van der Waals surface area contributed by atoms with Crippen LogP contribution in [-0.2, 0) is 0 Å². The largest absolute Gasteiger partial charge is 0.497 e. The second-order valence-electron chi connectivity index (χ2n) is 4.85. The highest BCUT2D eigenvalue weighted by Crippen LogP contribution is 2.28. The van der Waals surface area contributed by atoms with Gasteiger partial charge in [-0.3, -0.25) is 0 Å². The molecule has 0 atom stereocenters. The molecule has 0 spiro atoms. The number of fused-ring (bicyclic) bond motifs is 1. The summed E-state index contributed by atoms with van der Waals surface area (Å²) in [5, 5.41) is 0.997. The molecule has 0 amide bonds. The quantitative estimate of drug-likeness (QED) is 0.765. The van der Waals surface area contributed by atoms with Crippen LogP contribution in [0.5, 0.6) is 5.75 Å². The summed E-state index contributed by atoms with van der Waals surface area (Å²) < 4.78 is 5.25. The molecule has 0 aliphatic carbocycles. The SMILES string of the molecule is COc1cccc(-c2cc(N)c3cc(C)ccc3n2)c1. The fourth-order valence-corrected chi connectivity index (χ4v) is 2.30. The van der Waals surface area contributed by atoms with Crippen LogP contribution in [0.3, 0.4) is 0 Å². The molecule has 1 aromatic heterocycles. The summed E-state index contributed by atoms with van der Waals surface area (Å²) in [5.41, 5.74) is 10.9. The van der Waals surface area contributed by atoms with Crippen LogP contribution in [0.15, 0.2) is 48.5 Å². The van der Waals surface area contributed by atoms with E-state index in [9.17, 15) is 0 Å². The molecular formula is C17H16N2O. The van der Waals surface area contributed by atoms with Gasteiger partial charge in [0, 0.05) is 16.6 Å². The normalized spacial score (nSPS) is 10.7. The first kappa shape index (κ1) is 12.5. The van der Waals surface area contributed by atoms with E-state index in [-0.39, 0.29) is 0 Å². The van der Waals surface area contributed by atoms with Gasteiger partial charge in [0.05, 0.1) is 18.3 Å². The van der Waals surface area contributed by atoms with Gasteiger partial charge in [-0.2, -0.15) is 0 Å². The molecule has 2 aromatic carbocycles. The highest BCUT2D eigenvalue weighted by molar-refractivity contribution is 5.93. The van der Waals surface area contributed by atoms with Crippen LogP contribution in [0.1, 0.15) is 5.56 Å². The Labute approximate surface area is 118 Å². The number of hydrogen-bond donors (Lipinski definition) is 1. The number of hydrogen-bond acceptors (Lipinski definition) is 3. The van der Waals surface area contributed by atoms with Crippen LogP contribution < -0.4 is 10.5 Å². The molecule has 100 valence electrons. The number of aromatic nitrogens is 1. The molecule has 20 heavy (non-hydrogen) atoms. The van der Waals surface area contributed by atoms with E-state index in [1.165, 1.54) is 5.56 Å². The maximum Gasteiger partial charge on any atom is 0.119 e. The van der Waals surface area contributed by atoms with Gasteiger partial charge in [0.25, 0.3) is 0 Å². The zero-order chi connectivity index (χ0) is 14.1. The minimum Gasteiger partial charge on any atom is -0.497 e. The zero-order valence-electron chi connectivity index (χ0n) is 11.6. The highest BCUT2D eigenvalue weighted by atomic mass is 16.5. The predicted octanol–water partition coefficient (Wildman–Crippen LogP) is 3.80. The molecule has 0 saturated carbocycles. The average Bonchev–Trinajstić information content (AvgIpc) is 2.48. The number of methoxy groups -OCH3 is 1. The molecule has 3 rings (SSSR count). The molecule has 0 bridgehead atoms. The molecule has 2 N–H and O–H groups in total.